The molecule has 2 aromatic heterocycles. The molecular formula is C14H11N3O2. The van der Waals surface area contributed by atoms with Gasteiger partial charge in [0.1, 0.15) is 5.75 Å². The van der Waals surface area contributed by atoms with Crippen molar-refractivity contribution >= 4 is 11.9 Å². The molecule has 94 valence electrons. The molecule has 0 saturated heterocycles. The van der Waals surface area contributed by atoms with Crippen molar-refractivity contribution in [2.24, 2.45) is 0 Å². The van der Waals surface area contributed by atoms with Gasteiger partial charge in [0.05, 0.1) is 7.11 Å². The van der Waals surface area contributed by atoms with E-state index in [1.54, 1.807) is 30.0 Å². The number of hydrogen-bond acceptors (Lipinski definition) is 4. The lowest BCUT2D eigenvalue weighted by molar-refractivity contribution is 0.112. The summed E-state index contributed by atoms with van der Waals surface area (Å²) in [5, 5.41) is 4.35. The number of fused-ring (bicyclic) bond motifs is 1. The third-order valence-electron chi connectivity index (χ3n) is 2.84. The minimum Gasteiger partial charge on any atom is -0.497 e. The zero-order valence-electron chi connectivity index (χ0n) is 10.3. The minimum absolute atomic E-state index is 0.568. The van der Waals surface area contributed by atoms with E-state index in [0.717, 1.165) is 17.6 Å². The van der Waals surface area contributed by atoms with Crippen LogP contribution < -0.4 is 4.74 Å². The van der Waals surface area contributed by atoms with Crippen molar-refractivity contribution in [1.82, 2.24) is 14.6 Å². The van der Waals surface area contributed by atoms with Crippen LogP contribution in [0.1, 0.15) is 10.4 Å². The molecule has 5 heteroatoms. The van der Waals surface area contributed by atoms with Gasteiger partial charge in [0, 0.05) is 17.3 Å². The van der Waals surface area contributed by atoms with Gasteiger partial charge in [0.25, 0.3) is 0 Å². The van der Waals surface area contributed by atoms with E-state index >= 15 is 0 Å². The first kappa shape index (κ1) is 11.4. The van der Waals surface area contributed by atoms with Gasteiger partial charge in [-0.25, -0.2) is 9.50 Å². The second-order valence-corrected chi connectivity index (χ2v) is 4.05. The molecule has 0 fully saturated rings. The standard InChI is InChI=1S/C14H11N3O2/c1-19-12-5-3-11(4-6-12)14-15-13-7-2-10(9-18)8-17(13)16-14/h2-9H,1H3. The summed E-state index contributed by atoms with van der Waals surface area (Å²) in [7, 11) is 1.62. The molecule has 3 rings (SSSR count). The van der Waals surface area contributed by atoms with E-state index in [2.05, 4.69) is 10.1 Å². The molecule has 5 nitrogen and oxygen atoms in total. The Kier molecular flexibility index (Phi) is 2.72. The van der Waals surface area contributed by atoms with E-state index in [0.29, 0.717) is 17.0 Å². The number of hydrogen-bond donors (Lipinski definition) is 0. The van der Waals surface area contributed by atoms with E-state index in [9.17, 15) is 4.79 Å². The van der Waals surface area contributed by atoms with Crippen LogP contribution in [-0.4, -0.2) is 28.0 Å². The predicted molar refractivity (Wildman–Crippen MR) is 70.4 cm³/mol. The van der Waals surface area contributed by atoms with E-state index in [1.807, 2.05) is 24.3 Å². The smallest absolute Gasteiger partial charge is 0.182 e. The molecule has 0 aliphatic heterocycles. The van der Waals surface area contributed by atoms with Gasteiger partial charge in [-0.15, -0.1) is 5.10 Å². The quantitative estimate of drug-likeness (QED) is 0.671. The van der Waals surface area contributed by atoms with Gasteiger partial charge in [0.2, 0.25) is 0 Å². The summed E-state index contributed by atoms with van der Waals surface area (Å²) in [4.78, 5) is 15.1. The van der Waals surface area contributed by atoms with Crippen molar-refractivity contribution in [2.45, 2.75) is 0 Å². The number of benzene rings is 1. The normalized spacial score (nSPS) is 10.6. The molecule has 0 unspecified atom stereocenters. The van der Waals surface area contributed by atoms with E-state index in [-0.39, 0.29) is 0 Å². The van der Waals surface area contributed by atoms with Crippen molar-refractivity contribution in [2.75, 3.05) is 7.11 Å². The van der Waals surface area contributed by atoms with Gasteiger partial charge in [-0.1, -0.05) is 0 Å². The molecule has 0 saturated carbocycles. The highest BCUT2D eigenvalue weighted by Crippen LogP contribution is 2.20. The maximum Gasteiger partial charge on any atom is 0.182 e. The third kappa shape index (κ3) is 2.06. The third-order valence-corrected chi connectivity index (χ3v) is 2.84. The molecule has 3 aromatic rings. The highest BCUT2D eigenvalue weighted by Gasteiger charge is 2.06. The number of ether oxygens (including phenoxy) is 1. The van der Waals surface area contributed by atoms with Crippen LogP contribution in [0.4, 0.5) is 0 Å². The van der Waals surface area contributed by atoms with Crippen molar-refractivity contribution < 1.29 is 9.53 Å². The first-order chi connectivity index (χ1) is 9.30. The zero-order chi connectivity index (χ0) is 13.2. The minimum atomic E-state index is 0.568. The zero-order valence-corrected chi connectivity index (χ0v) is 10.3. The SMILES string of the molecule is COc1ccc(-c2nc3ccc(C=O)cn3n2)cc1. The maximum atomic E-state index is 10.7. The summed E-state index contributed by atoms with van der Waals surface area (Å²) in [5.74, 6) is 1.40. The maximum absolute atomic E-state index is 10.7. The average Bonchev–Trinajstić information content (AvgIpc) is 2.90. The Labute approximate surface area is 109 Å². The first-order valence-corrected chi connectivity index (χ1v) is 5.76. The number of aromatic nitrogens is 3. The lowest BCUT2D eigenvalue weighted by Crippen LogP contribution is -1.90. The van der Waals surface area contributed by atoms with Crippen LogP contribution in [0.5, 0.6) is 5.75 Å². The Hall–Kier alpha value is -2.69. The lowest BCUT2D eigenvalue weighted by atomic mass is 10.2. The Morgan fingerprint density at radius 2 is 1.95 bits per heavy atom. The molecule has 0 amide bonds. The summed E-state index contributed by atoms with van der Waals surface area (Å²) in [5.41, 5.74) is 2.17. The molecule has 0 bridgehead atoms. The van der Waals surface area contributed by atoms with Crippen LogP contribution in [0.2, 0.25) is 0 Å². The predicted octanol–water partition coefficient (Wildman–Crippen LogP) is 2.22. The van der Waals surface area contributed by atoms with Crippen molar-refractivity contribution in [3.05, 3.63) is 48.2 Å². The summed E-state index contributed by atoms with van der Waals surface area (Å²) >= 11 is 0. The highest BCUT2D eigenvalue weighted by molar-refractivity contribution is 5.75. The molecule has 0 aliphatic carbocycles. The number of carbonyl (C=O) groups is 1. The fourth-order valence-corrected chi connectivity index (χ4v) is 1.83. The van der Waals surface area contributed by atoms with Crippen LogP contribution in [0.15, 0.2) is 42.6 Å². The average molecular weight is 253 g/mol. The van der Waals surface area contributed by atoms with Gasteiger partial charge >= 0.3 is 0 Å². The van der Waals surface area contributed by atoms with E-state index < -0.39 is 0 Å². The molecule has 0 radical (unpaired) electrons. The van der Waals surface area contributed by atoms with Gasteiger partial charge in [0.15, 0.2) is 17.8 Å². The summed E-state index contributed by atoms with van der Waals surface area (Å²) < 4.78 is 6.71. The van der Waals surface area contributed by atoms with Crippen molar-refractivity contribution in [1.29, 1.82) is 0 Å². The van der Waals surface area contributed by atoms with Gasteiger partial charge in [-0.05, 0) is 36.4 Å². The van der Waals surface area contributed by atoms with Crippen LogP contribution in [0.25, 0.3) is 17.0 Å². The van der Waals surface area contributed by atoms with E-state index in [1.165, 1.54) is 0 Å². The molecule has 0 atom stereocenters. The van der Waals surface area contributed by atoms with Crippen molar-refractivity contribution in [3.63, 3.8) is 0 Å². The molecule has 2 heterocycles. The molecule has 19 heavy (non-hydrogen) atoms. The van der Waals surface area contributed by atoms with Crippen LogP contribution in [-0.2, 0) is 0 Å². The number of carbonyl (C=O) groups excluding carboxylic acids is 1. The monoisotopic (exact) mass is 253 g/mol. The lowest BCUT2D eigenvalue weighted by Gasteiger charge is -1.99. The fraction of sp³-hybridized carbons (Fsp3) is 0.0714. The van der Waals surface area contributed by atoms with Crippen molar-refractivity contribution in [3.8, 4) is 17.1 Å². The summed E-state index contributed by atoms with van der Waals surface area (Å²) in [6.07, 6.45) is 2.44. The van der Waals surface area contributed by atoms with Crippen LogP contribution in [0.3, 0.4) is 0 Å². The van der Waals surface area contributed by atoms with Gasteiger partial charge in [-0.2, -0.15) is 0 Å². The first-order valence-electron chi connectivity index (χ1n) is 5.76. The molecule has 1 aromatic carbocycles. The summed E-state index contributed by atoms with van der Waals surface area (Å²) in [6, 6.07) is 11.0. The van der Waals surface area contributed by atoms with Crippen LogP contribution >= 0.6 is 0 Å². The number of methoxy groups -OCH3 is 1. The molecular weight excluding hydrogens is 242 g/mol. The number of nitrogens with zero attached hydrogens (tertiary/aromatic N) is 3. The fourth-order valence-electron chi connectivity index (χ4n) is 1.83. The Balaban J connectivity index is 2.06. The highest BCUT2D eigenvalue weighted by atomic mass is 16.5. The van der Waals surface area contributed by atoms with Crippen LogP contribution in [0, 0.1) is 0 Å². The second kappa shape index (κ2) is 4.53. The molecule has 0 aliphatic rings. The number of rotatable bonds is 3. The second-order valence-electron chi connectivity index (χ2n) is 4.05. The van der Waals surface area contributed by atoms with Gasteiger partial charge < -0.3 is 4.74 Å². The number of pyridine rings is 1. The Morgan fingerprint density at radius 1 is 1.16 bits per heavy atom. The van der Waals surface area contributed by atoms with E-state index in [4.69, 9.17) is 4.74 Å². The molecule has 0 spiro atoms. The number of aldehydes is 1. The molecule has 0 N–H and O–H groups in total. The Morgan fingerprint density at radius 3 is 2.63 bits per heavy atom. The topological polar surface area (TPSA) is 56.5 Å². The van der Waals surface area contributed by atoms with Gasteiger partial charge in [-0.3, -0.25) is 4.79 Å². The summed E-state index contributed by atoms with van der Waals surface area (Å²) in [6.45, 7) is 0. The largest absolute Gasteiger partial charge is 0.497 e. The Bertz CT molecular complexity index is 732.